The fraction of sp³-hybridized carbons (Fsp3) is 0.545. The van der Waals surface area contributed by atoms with Crippen LogP contribution in [0.25, 0.3) is 10.6 Å². The number of benzene rings is 1. The van der Waals surface area contributed by atoms with Crippen LogP contribution in [0.2, 0.25) is 0 Å². The van der Waals surface area contributed by atoms with Crippen LogP contribution in [0.15, 0.2) is 29.6 Å². The van der Waals surface area contributed by atoms with Crippen LogP contribution in [0, 0.1) is 5.92 Å². The molecule has 1 amide bonds. The number of amides is 1. The third kappa shape index (κ3) is 4.92. The number of likely N-dealkylation sites (tertiary alicyclic amines) is 1. The second kappa shape index (κ2) is 8.62. The molecule has 0 unspecified atom stereocenters. The molecule has 2 aliphatic rings. The van der Waals surface area contributed by atoms with E-state index in [0.717, 1.165) is 54.7 Å². The molecule has 0 radical (unpaired) electrons. The Labute approximate surface area is 171 Å². The predicted octanol–water partition coefficient (Wildman–Crippen LogP) is 4.20. The number of rotatable bonds is 7. The van der Waals surface area contributed by atoms with Gasteiger partial charge in [0.05, 0.1) is 6.10 Å². The van der Waals surface area contributed by atoms with Crippen molar-refractivity contribution >= 4 is 17.2 Å². The van der Waals surface area contributed by atoms with Crippen molar-refractivity contribution in [2.45, 2.75) is 51.7 Å². The lowest BCUT2D eigenvalue weighted by atomic mass is 10.0. The highest BCUT2D eigenvalue weighted by Gasteiger charge is 2.27. The molecule has 4 rings (SSSR count). The second-order valence-corrected chi connectivity index (χ2v) is 9.01. The van der Waals surface area contributed by atoms with E-state index in [-0.39, 0.29) is 12.0 Å². The minimum absolute atomic E-state index is 0.0582. The van der Waals surface area contributed by atoms with Crippen molar-refractivity contribution < 1.29 is 9.53 Å². The van der Waals surface area contributed by atoms with Crippen LogP contribution in [-0.2, 0) is 0 Å². The summed E-state index contributed by atoms with van der Waals surface area (Å²) in [5.41, 5.74) is 1.58. The summed E-state index contributed by atoms with van der Waals surface area (Å²) in [6.45, 7) is 6.80. The first-order valence-corrected chi connectivity index (χ1v) is 11.2. The van der Waals surface area contributed by atoms with Crippen LogP contribution in [0.1, 0.15) is 50.0 Å². The molecule has 1 aromatic carbocycles. The van der Waals surface area contributed by atoms with Gasteiger partial charge in [0.15, 0.2) is 0 Å². The number of aromatic nitrogens is 1. The molecule has 1 saturated carbocycles. The van der Waals surface area contributed by atoms with Gasteiger partial charge in [-0.2, -0.15) is 0 Å². The minimum Gasteiger partial charge on any atom is -0.491 e. The number of carbonyl (C=O) groups excluding carboxylic acids is 1. The Morgan fingerprint density at radius 1 is 1.21 bits per heavy atom. The Morgan fingerprint density at radius 2 is 1.93 bits per heavy atom. The van der Waals surface area contributed by atoms with Crippen LogP contribution >= 0.6 is 11.3 Å². The molecule has 0 spiro atoms. The molecule has 5 nitrogen and oxygen atoms in total. The van der Waals surface area contributed by atoms with Gasteiger partial charge < -0.3 is 15.0 Å². The molecule has 1 aromatic heterocycles. The average Bonchev–Trinajstić information content (AvgIpc) is 3.40. The van der Waals surface area contributed by atoms with Gasteiger partial charge in [0.2, 0.25) is 0 Å². The van der Waals surface area contributed by atoms with Gasteiger partial charge in [0, 0.05) is 30.1 Å². The topological polar surface area (TPSA) is 54.5 Å². The largest absolute Gasteiger partial charge is 0.491 e. The molecule has 1 N–H and O–H groups in total. The number of carbonyl (C=O) groups is 1. The maximum Gasteiger partial charge on any atom is 0.273 e. The Kier molecular flexibility index (Phi) is 5.97. The standard InChI is InChI=1S/C22H29N3O2S/c1-15(2)27-19-7-5-17(6-8-19)21-24-20(14-28-21)22(26)25-11-9-18(10-12-25)23-13-16-3-4-16/h5-8,14-16,18,23H,3-4,9-13H2,1-2H3. The van der Waals surface area contributed by atoms with Crippen molar-refractivity contribution in [3.8, 4) is 16.3 Å². The first kappa shape index (κ1) is 19.4. The zero-order valence-electron chi connectivity index (χ0n) is 16.7. The molecule has 0 atom stereocenters. The highest BCUT2D eigenvalue weighted by Crippen LogP contribution is 2.29. The molecule has 28 heavy (non-hydrogen) atoms. The Morgan fingerprint density at radius 3 is 2.57 bits per heavy atom. The van der Waals surface area contributed by atoms with E-state index in [4.69, 9.17) is 4.74 Å². The Bertz CT molecular complexity index is 790. The molecule has 2 heterocycles. The van der Waals surface area contributed by atoms with E-state index in [2.05, 4.69) is 10.3 Å². The van der Waals surface area contributed by atoms with Gasteiger partial charge in [-0.3, -0.25) is 4.79 Å². The van der Waals surface area contributed by atoms with Crippen LogP contribution in [0.3, 0.4) is 0 Å². The summed E-state index contributed by atoms with van der Waals surface area (Å²) in [6, 6.07) is 8.47. The zero-order valence-corrected chi connectivity index (χ0v) is 17.5. The fourth-order valence-corrected chi connectivity index (χ4v) is 4.36. The van der Waals surface area contributed by atoms with Crippen LogP contribution in [0.5, 0.6) is 5.75 Å². The van der Waals surface area contributed by atoms with Crippen LogP contribution in [0.4, 0.5) is 0 Å². The van der Waals surface area contributed by atoms with E-state index < -0.39 is 0 Å². The summed E-state index contributed by atoms with van der Waals surface area (Å²) in [4.78, 5) is 19.4. The Hall–Kier alpha value is -1.92. The molecular weight excluding hydrogens is 370 g/mol. The molecule has 2 aromatic rings. The van der Waals surface area contributed by atoms with Gasteiger partial charge in [-0.25, -0.2) is 4.98 Å². The molecule has 6 heteroatoms. The van der Waals surface area contributed by atoms with Crippen molar-refractivity contribution in [1.82, 2.24) is 15.2 Å². The van der Waals surface area contributed by atoms with Crippen molar-refractivity contribution in [2.24, 2.45) is 5.92 Å². The Balaban J connectivity index is 1.32. The lowest BCUT2D eigenvalue weighted by molar-refractivity contribution is 0.0700. The second-order valence-electron chi connectivity index (χ2n) is 8.15. The SMILES string of the molecule is CC(C)Oc1ccc(-c2nc(C(=O)N3CCC(NCC4CC4)CC3)cs2)cc1. The molecule has 150 valence electrons. The summed E-state index contributed by atoms with van der Waals surface area (Å²) in [7, 11) is 0. The van der Waals surface area contributed by atoms with Crippen molar-refractivity contribution in [3.05, 3.63) is 35.3 Å². The number of ether oxygens (including phenoxy) is 1. The molecule has 0 bridgehead atoms. The summed E-state index contributed by atoms with van der Waals surface area (Å²) in [5.74, 6) is 1.81. The number of hydrogen-bond donors (Lipinski definition) is 1. The first-order valence-electron chi connectivity index (χ1n) is 10.3. The van der Waals surface area contributed by atoms with Gasteiger partial charge in [0.1, 0.15) is 16.5 Å². The van der Waals surface area contributed by atoms with Crippen molar-refractivity contribution in [2.75, 3.05) is 19.6 Å². The summed E-state index contributed by atoms with van der Waals surface area (Å²) in [5, 5.41) is 6.42. The molecular formula is C22H29N3O2S. The van der Waals surface area contributed by atoms with E-state index in [9.17, 15) is 4.79 Å². The van der Waals surface area contributed by atoms with E-state index in [1.807, 2.05) is 48.4 Å². The van der Waals surface area contributed by atoms with E-state index in [1.165, 1.54) is 24.2 Å². The lowest BCUT2D eigenvalue weighted by Gasteiger charge is -2.32. The quantitative estimate of drug-likeness (QED) is 0.758. The van der Waals surface area contributed by atoms with Gasteiger partial charge in [-0.15, -0.1) is 11.3 Å². The van der Waals surface area contributed by atoms with E-state index in [1.54, 1.807) is 0 Å². The highest BCUT2D eigenvalue weighted by molar-refractivity contribution is 7.13. The van der Waals surface area contributed by atoms with E-state index in [0.29, 0.717) is 11.7 Å². The summed E-state index contributed by atoms with van der Waals surface area (Å²) in [6.07, 6.45) is 4.98. The fourth-order valence-electron chi connectivity index (χ4n) is 3.56. The third-order valence-electron chi connectivity index (χ3n) is 5.37. The van der Waals surface area contributed by atoms with Gasteiger partial charge in [0.25, 0.3) is 5.91 Å². The van der Waals surface area contributed by atoms with Crippen LogP contribution in [-0.4, -0.2) is 47.6 Å². The average molecular weight is 400 g/mol. The summed E-state index contributed by atoms with van der Waals surface area (Å²) < 4.78 is 5.69. The number of hydrogen-bond acceptors (Lipinski definition) is 5. The highest BCUT2D eigenvalue weighted by atomic mass is 32.1. The first-order chi connectivity index (χ1) is 13.6. The number of nitrogens with one attached hydrogen (secondary N) is 1. The van der Waals surface area contributed by atoms with Gasteiger partial charge in [-0.05, 0) is 76.3 Å². The van der Waals surface area contributed by atoms with Gasteiger partial charge in [-0.1, -0.05) is 0 Å². The molecule has 1 saturated heterocycles. The lowest BCUT2D eigenvalue weighted by Crippen LogP contribution is -2.45. The maximum atomic E-state index is 12.8. The minimum atomic E-state index is 0.0582. The predicted molar refractivity (Wildman–Crippen MR) is 113 cm³/mol. The number of piperidine rings is 1. The monoisotopic (exact) mass is 399 g/mol. The number of thiazole rings is 1. The van der Waals surface area contributed by atoms with Gasteiger partial charge >= 0.3 is 0 Å². The zero-order chi connectivity index (χ0) is 19.5. The summed E-state index contributed by atoms with van der Waals surface area (Å²) >= 11 is 1.52. The number of nitrogens with zero attached hydrogens (tertiary/aromatic N) is 2. The smallest absolute Gasteiger partial charge is 0.273 e. The third-order valence-corrected chi connectivity index (χ3v) is 6.26. The molecule has 2 fully saturated rings. The van der Waals surface area contributed by atoms with Crippen molar-refractivity contribution in [1.29, 1.82) is 0 Å². The molecule has 1 aliphatic heterocycles. The maximum absolute atomic E-state index is 12.8. The normalized spacial score (nSPS) is 17.9. The molecule has 1 aliphatic carbocycles. The van der Waals surface area contributed by atoms with Crippen LogP contribution < -0.4 is 10.1 Å². The van der Waals surface area contributed by atoms with Crippen molar-refractivity contribution in [3.63, 3.8) is 0 Å². The van der Waals surface area contributed by atoms with E-state index >= 15 is 0 Å².